The van der Waals surface area contributed by atoms with Gasteiger partial charge in [-0.05, 0) is 78.9 Å². The predicted octanol–water partition coefficient (Wildman–Crippen LogP) is 5.31. The molecule has 23 heavy (non-hydrogen) atoms. The number of benzene rings is 2. The number of aryl methyl sites for hydroxylation is 5. The van der Waals surface area contributed by atoms with Crippen LogP contribution in [0.1, 0.15) is 27.8 Å². The van der Waals surface area contributed by atoms with E-state index in [0.29, 0.717) is 0 Å². The third-order valence-electron chi connectivity index (χ3n) is 4.36. The minimum absolute atomic E-state index is 0.954. The summed E-state index contributed by atoms with van der Waals surface area (Å²) in [4.78, 5) is 4.49. The molecule has 2 radical (unpaired) electrons. The molecule has 0 bridgehead atoms. The number of hydrogen-bond donors (Lipinski definition) is 0. The Labute approximate surface area is 148 Å². The summed E-state index contributed by atoms with van der Waals surface area (Å²) in [6, 6.07) is 8.90. The summed E-state index contributed by atoms with van der Waals surface area (Å²) in [5.41, 5.74) is 9.02. The van der Waals surface area contributed by atoms with Gasteiger partial charge in [0.2, 0.25) is 6.67 Å². The fraction of sp³-hybridized carbons (Fsp3) is 0.350. The van der Waals surface area contributed by atoms with Gasteiger partial charge >= 0.3 is 0 Å². The standard InChI is InChI=1S/C20H23BrN2/c1-13-8-15(3)19(16(4)9-13)22-6-7-23(12-22)20-17(5)10-14(2)11-18(20)21/h8-11H,6-7H2,1-5H3. The zero-order chi connectivity index (χ0) is 16.7. The highest BCUT2D eigenvalue weighted by Crippen LogP contribution is 2.36. The molecule has 1 fully saturated rings. The molecule has 0 atom stereocenters. The van der Waals surface area contributed by atoms with Crippen LogP contribution in [0.3, 0.4) is 0 Å². The first-order valence-corrected chi connectivity index (χ1v) is 8.82. The number of halogens is 1. The van der Waals surface area contributed by atoms with Crippen LogP contribution in [0.25, 0.3) is 0 Å². The molecule has 0 N–H and O–H groups in total. The highest BCUT2D eigenvalue weighted by Gasteiger charge is 2.27. The average Bonchev–Trinajstić information content (AvgIpc) is 2.85. The molecule has 120 valence electrons. The Bertz CT molecular complexity index is 642. The van der Waals surface area contributed by atoms with Gasteiger partial charge in [0, 0.05) is 23.2 Å². The van der Waals surface area contributed by atoms with Crippen LogP contribution in [0.2, 0.25) is 0 Å². The van der Waals surface area contributed by atoms with Crippen LogP contribution in [-0.4, -0.2) is 13.1 Å². The van der Waals surface area contributed by atoms with Gasteiger partial charge in [-0.3, -0.25) is 0 Å². The van der Waals surface area contributed by atoms with E-state index in [1.807, 2.05) is 0 Å². The Balaban J connectivity index is 1.91. The van der Waals surface area contributed by atoms with Crippen LogP contribution in [-0.2, 0) is 0 Å². The maximum atomic E-state index is 3.72. The normalized spacial score (nSPS) is 14.7. The minimum Gasteiger partial charge on any atom is -0.339 e. The molecular formula is C20H23BrN2. The van der Waals surface area contributed by atoms with E-state index >= 15 is 0 Å². The van der Waals surface area contributed by atoms with E-state index in [0.717, 1.165) is 17.6 Å². The van der Waals surface area contributed by atoms with Crippen LogP contribution in [0.15, 0.2) is 28.7 Å². The number of anilines is 2. The first-order valence-electron chi connectivity index (χ1n) is 8.03. The van der Waals surface area contributed by atoms with E-state index in [9.17, 15) is 0 Å². The second-order valence-corrected chi connectivity index (χ2v) is 7.42. The molecule has 0 aromatic heterocycles. The second kappa shape index (κ2) is 6.20. The molecule has 0 saturated carbocycles. The van der Waals surface area contributed by atoms with Gasteiger partial charge in [0.05, 0.1) is 5.69 Å². The second-order valence-electron chi connectivity index (χ2n) is 6.56. The Morgan fingerprint density at radius 1 is 0.739 bits per heavy atom. The molecule has 1 saturated heterocycles. The van der Waals surface area contributed by atoms with Crippen molar-refractivity contribution in [2.45, 2.75) is 34.6 Å². The van der Waals surface area contributed by atoms with Gasteiger partial charge < -0.3 is 9.80 Å². The van der Waals surface area contributed by atoms with Crippen molar-refractivity contribution in [1.29, 1.82) is 0 Å². The van der Waals surface area contributed by atoms with E-state index < -0.39 is 0 Å². The molecule has 0 amide bonds. The molecule has 3 heteroatoms. The summed E-state index contributed by atoms with van der Waals surface area (Å²) in [5.74, 6) is 0. The minimum atomic E-state index is 0.954. The van der Waals surface area contributed by atoms with Crippen LogP contribution in [0.5, 0.6) is 0 Å². The van der Waals surface area contributed by atoms with Crippen LogP contribution >= 0.6 is 15.9 Å². The monoisotopic (exact) mass is 370 g/mol. The van der Waals surface area contributed by atoms with Gasteiger partial charge in [0.25, 0.3) is 0 Å². The third-order valence-corrected chi connectivity index (χ3v) is 4.97. The average molecular weight is 371 g/mol. The van der Waals surface area contributed by atoms with E-state index in [2.05, 4.69) is 91.3 Å². The van der Waals surface area contributed by atoms with Crippen LogP contribution in [0.4, 0.5) is 11.4 Å². The summed E-state index contributed by atoms with van der Waals surface area (Å²) in [7, 11) is 0. The molecule has 2 nitrogen and oxygen atoms in total. The van der Waals surface area contributed by atoms with E-state index in [4.69, 9.17) is 0 Å². The van der Waals surface area contributed by atoms with Crippen molar-refractivity contribution in [3.8, 4) is 0 Å². The quantitative estimate of drug-likeness (QED) is 0.706. The lowest BCUT2D eigenvalue weighted by atomic mass is 10.0. The molecule has 1 aliphatic heterocycles. The molecule has 2 aromatic carbocycles. The molecule has 0 aliphatic carbocycles. The Morgan fingerprint density at radius 3 is 1.70 bits per heavy atom. The molecule has 0 spiro atoms. The summed E-state index contributed by atoms with van der Waals surface area (Å²) in [5, 5.41) is 0. The van der Waals surface area contributed by atoms with Gasteiger partial charge in [0.1, 0.15) is 0 Å². The third kappa shape index (κ3) is 3.12. The highest BCUT2D eigenvalue weighted by molar-refractivity contribution is 9.10. The van der Waals surface area contributed by atoms with E-state index in [1.165, 1.54) is 39.2 Å². The van der Waals surface area contributed by atoms with E-state index in [-0.39, 0.29) is 0 Å². The maximum absolute atomic E-state index is 3.72. The lowest BCUT2D eigenvalue weighted by Gasteiger charge is -2.24. The number of nitrogens with zero attached hydrogens (tertiary/aromatic N) is 2. The van der Waals surface area contributed by atoms with Crippen molar-refractivity contribution in [2.24, 2.45) is 0 Å². The lowest BCUT2D eigenvalue weighted by molar-refractivity contribution is 1.01. The summed E-state index contributed by atoms with van der Waals surface area (Å²) >= 11 is 3.72. The Hall–Kier alpha value is -1.48. The van der Waals surface area contributed by atoms with E-state index in [1.54, 1.807) is 0 Å². The SMILES string of the molecule is Cc1cc(C)c(N2[C]N(c3c(C)cc(C)cc3Br)CC2)c(C)c1. The fourth-order valence-electron chi connectivity index (χ4n) is 3.62. The Kier molecular flexibility index (Phi) is 4.41. The lowest BCUT2D eigenvalue weighted by Crippen LogP contribution is -2.21. The van der Waals surface area contributed by atoms with Crippen LogP contribution in [0, 0.1) is 41.3 Å². The van der Waals surface area contributed by atoms with Crippen molar-refractivity contribution in [2.75, 3.05) is 22.9 Å². The molecule has 1 aliphatic rings. The maximum Gasteiger partial charge on any atom is 0.208 e. The predicted molar refractivity (Wildman–Crippen MR) is 102 cm³/mol. The van der Waals surface area contributed by atoms with Crippen molar-refractivity contribution in [1.82, 2.24) is 0 Å². The first kappa shape index (κ1) is 16.4. The zero-order valence-corrected chi connectivity index (χ0v) is 16.1. The highest BCUT2D eigenvalue weighted by atomic mass is 79.9. The molecule has 3 rings (SSSR count). The van der Waals surface area contributed by atoms with Gasteiger partial charge in [-0.2, -0.15) is 0 Å². The topological polar surface area (TPSA) is 6.48 Å². The molecule has 0 unspecified atom stereocenters. The first-order chi connectivity index (χ1) is 10.9. The van der Waals surface area contributed by atoms with Crippen molar-refractivity contribution >= 4 is 27.3 Å². The molecular weight excluding hydrogens is 348 g/mol. The van der Waals surface area contributed by atoms with Gasteiger partial charge in [-0.1, -0.05) is 23.8 Å². The van der Waals surface area contributed by atoms with Crippen molar-refractivity contribution in [3.63, 3.8) is 0 Å². The number of rotatable bonds is 2. The summed E-state index contributed by atoms with van der Waals surface area (Å²) in [6.07, 6.45) is 0. The van der Waals surface area contributed by atoms with Gasteiger partial charge in [0.15, 0.2) is 0 Å². The van der Waals surface area contributed by atoms with Crippen molar-refractivity contribution < 1.29 is 0 Å². The molecule has 1 heterocycles. The molecule has 2 aromatic rings. The van der Waals surface area contributed by atoms with Crippen LogP contribution < -0.4 is 9.80 Å². The van der Waals surface area contributed by atoms with Gasteiger partial charge in [-0.25, -0.2) is 0 Å². The van der Waals surface area contributed by atoms with Crippen molar-refractivity contribution in [3.05, 3.63) is 63.2 Å². The van der Waals surface area contributed by atoms with Gasteiger partial charge in [-0.15, -0.1) is 0 Å². The summed E-state index contributed by atoms with van der Waals surface area (Å²) in [6.45, 7) is 16.3. The largest absolute Gasteiger partial charge is 0.339 e. The zero-order valence-electron chi connectivity index (χ0n) is 14.5. The number of hydrogen-bond acceptors (Lipinski definition) is 2. The fourth-order valence-corrected chi connectivity index (χ4v) is 4.51. The smallest absolute Gasteiger partial charge is 0.208 e. The Morgan fingerprint density at radius 2 is 1.17 bits per heavy atom. The summed E-state index contributed by atoms with van der Waals surface area (Å²) < 4.78 is 1.14.